The predicted octanol–water partition coefficient (Wildman–Crippen LogP) is 4.02. The summed E-state index contributed by atoms with van der Waals surface area (Å²) in [4.78, 5) is 10.6. The van der Waals surface area contributed by atoms with Crippen molar-refractivity contribution in [2.75, 3.05) is 18.0 Å². The highest BCUT2D eigenvalue weighted by molar-refractivity contribution is 5.77. The van der Waals surface area contributed by atoms with Crippen LogP contribution in [0.4, 0.5) is 5.95 Å². The highest BCUT2D eigenvalue weighted by Crippen LogP contribution is 2.25. The molecule has 0 aliphatic carbocycles. The normalized spacial score (nSPS) is 16.3. The summed E-state index contributed by atoms with van der Waals surface area (Å²) in [7, 11) is 0. The molecule has 0 spiro atoms. The van der Waals surface area contributed by atoms with Gasteiger partial charge in [-0.25, -0.2) is 4.98 Å². The summed E-state index contributed by atoms with van der Waals surface area (Å²) >= 11 is 0. The topological polar surface area (TPSA) is 31.9 Å². The molecule has 0 saturated carbocycles. The number of piperidine rings is 1. The number of para-hydroxylation sites is 2. The largest absolute Gasteiger partial charge is 0.342 e. The molecule has 1 N–H and O–H groups in total. The second kappa shape index (κ2) is 5.84. The number of fused-ring (bicyclic) bond motifs is 1. The monoisotopic (exact) mass is 291 g/mol. The van der Waals surface area contributed by atoms with E-state index in [1.54, 1.807) is 0 Å². The number of imidazole rings is 1. The molecule has 1 aliphatic heterocycles. The third kappa shape index (κ3) is 2.71. The van der Waals surface area contributed by atoms with E-state index in [2.05, 4.69) is 58.4 Å². The Labute approximate surface area is 131 Å². The molecule has 3 heteroatoms. The fraction of sp³-hybridized carbons (Fsp3) is 0.316. The minimum absolute atomic E-state index is 0.794. The maximum atomic E-state index is 4.72. The van der Waals surface area contributed by atoms with Crippen LogP contribution in [0.2, 0.25) is 0 Å². The molecule has 2 heterocycles. The molecule has 3 aromatic rings. The molecule has 1 fully saturated rings. The molecule has 0 unspecified atom stereocenters. The van der Waals surface area contributed by atoms with E-state index in [1.807, 2.05) is 6.07 Å². The average Bonchev–Trinajstić information content (AvgIpc) is 3.00. The van der Waals surface area contributed by atoms with Crippen molar-refractivity contribution < 1.29 is 0 Å². The van der Waals surface area contributed by atoms with Gasteiger partial charge in [-0.1, -0.05) is 42.5 Å². The van der Waals surface area contributed by atoms with Crippen LogP contribution in [0, 0.1) is 5.92 Å². The summed E-state index contributed by atoms with van der Waals surface area (Å²) in [6.07, 6.45) is 3.69. The summed E-state index contributed by atoms with van der Waals surface area (Å²) in [5.41, 5.74) is 3.65. The predicted molar refractivity (Wildman–Crippen MR) is 91.2 cm³/mol. The number of aromatic amines is 1. The van der Waals surface area contributed by atoms with Gasteiger partial charge in [-0.3, -0.25) is 0 Å². The second-order valence-electron chi connectivity index (χ2n) is 6.20. The lowest BCUT2D eigenvalue weighted by Crippen LogP contribution is -2.35. The number of aromatic nitrogens is 2. The Morgan fingerprint density at radius 1 is 0.955 bits per heavy atom. The van der Waals surface area contributed by atoms with Crippen LogP contribution in [0.15, 0.2) is 54.6 Å². The smallest absolute Gasteiger partial charge is 0.203 e. The zero-order valence-corrected chi connectivity index (χ0v) is 12.7. The highest BCUT2D eigenvalue weighted by Gasteiger charge is 2.21. The molecule has 0 radical (unpaired) electrons. The molecule has 112 valence electrons. The van der Waals surface area contributed by atoms with E-state index < -0.39 is 0 Å². The van der Waals surface area contributed by atoms with E-state index in [0.717, 1.165) is 36.0 Å². The minimum Gasteiger partial charge on any atom is -0.342 e. The van der Waals surface area contributed by atoms with Crippen LogP contribution < -0.4 is 4.90 Å². The highest BCUT2D eigenvalue weighted by atomic mass is 15.3. The van der Waals surface area contributed by atoms with E-state index in [9.17, 15) is 0 Å². The number of hydrogen-bond acceptors (Lipinski definition) is 2. The quantitative estimate of drug-likeness (QED) is 0.790. The van der Waals surface area contributed by atoms with Gasteiger partial charge in [0.1, 0.15) is 0 Å². The maximum Gasteiger partial charge on any atom is 0.203 e. The standard InChI is InChI=1S/C19H21N3/c1-2-6-15(7-3-1)14-16-10-12-22(13-11-16)19-20-17-8-4-5-9-18(17)21-19/h1-9,16H,10-14H2,(H,20,21). The lowest BCUT2D eigenvalue weighted by molar-refractivity contribution is 0.401. The van der Waals surface area contributed by atoms with Crippen molar-refractivity contribution in [2.45, 2.75) is 19.3 Å². The second-order valence-corrected chi connectivity index (χ2v) is 6.20. The molecule has 0 bridgehead atoms. The van der Waals surface area contributed by atoms with Crippen molar-refractivity contribution in [2.24, 2.45) is 5.92 Å². The Morgan fingerprint density at radius 2 is 1.68 bits per heavy atom. The lowest BCUT2D eigenvalue weighted by Gasteiger charge is -2.31. The summed E-state index contributed by atoms with van der Waals surface area (Å²) in [5.74, 6) is 1.82. The Hall–Kier alpha value is -2.29. The van der Waals surface area contributed by atoms with Crippen LogP contribution in [-0.4, -0.2) is 23.1 Å². The maximum absolute atomic E-state index is 4.72. The van der Waals surface area contributed by atoms with Crippen molar-refractivity contribution in [3.8, 4) is 0 Å². The molecule has 4 rings (SSSR count). The molecule has 0 atom stereocenters. The van der Waals surface area contributed by atoms with Gasteiger partial charge < -0.3 is 9.88 Å². The van der Waals surface area contributed by atoms with Gasteiger partial charge >= 0.3 is 0 Å². The first-order valence-corrected chi connectivity index (χ1v) is 8.12. The summed E-state index contributed by atoms with van der Waals surface area (Å²) < 4.78 is 0. The Kier molecular flexibility index (Phi) is 3.55. The molecule has 1 aliphatic rings. The van der Waals surface area contributed by atoms with Gasteiger partial charge in [0, 0.05) is 13.1 Å². The summed E-state index contributed by atoms with van der Waals surface area (Å²) in [6.45, 7) is 2.19. The summed E-state index contributed by atoms with van der Waals surface area (Å²) in [5, 5.41) is 0. The van der Waals surface area contributed by atoms with E-state index >= 15 is 0 Å². The number of nitrogens with zero attached hydrogens (tertiary/aromatic N) is 2. The Balaban J connectivity index is 1.41. The van der Waals surface area contributed by atoms with Crippen molar-refractivity contribution in [1.82, 2.24) is 9.97 Å². The van der Waals surface area contributed by atoms with E-state index in [4.69, 9.17) is 4.98 Å². The average molecular weight is 291 g/mol. The summed E-state index contributed by atoms with van der Waals surface area (Å²) in [6, 6.07) is 19.1. The Morgan fingerprint density at radius 3 is 2.45 bits per heavy atom. The van der Waals surface area contributed by atoms with Gasteiger partial charge in [0.2, 0.25) is 5.95 Å². The van der Waals surface area contributed by atoms with Gasteiger partial charge in [0.05, 0.1) is 11.0 Å². The number of anilines is 1. The van der Waals surface area contributed by atoms with Crippen molar-refractivity contribution in [3.63, 3.8) is 0 Å². The fourth-order valence-corrected chi connectivity index (χ4v) is 3.39. The number of benzene rings is 2. The zero-order valence-electron chi connectivity index (χ0n) is 12.7. The van der Waals surface area contributed by atoms with Gasteiger partial charge in [0.25, 0.3) is 0 Å². The van der Waals surface area contributed by atoms with Crippen LogP contribution in [0.5, 0.6) is 0 Å². The third-order valence-corrected chi connectivity index (χ3v) is 4.66. The molecular formula is C19H21N3. The molecular weight excluding hydrogens is 270 g/mol. The van der Waals surface area contributed by atoms with E-state index in [-0.39, 0.29) is 0 Å². The van der Waals surface area contributed by atoms with Gasteiger partial charge in [-0.05, 0) is 42.9 Å². The van der Waals surface area contributed by atoms with Crippen molar-refractivity contribution in [1.29, 1.82) is 0 Å². The molecule has 1 saturated heterocycles. The fourth-order valence-electron chi connectivity index (χ4n) is 3.39. The van der Waals surface area contributed by atoms with Crippen LogP contribution in [0.1, 0.15) is 18.4 Å². The van der Waals surface area contributed by atoms with Gasteiger partial charge in [0.15, 0.2) is 0 Å². The zero-order chi connectivity index (χ0) is 14.8. The van der Waals surface area contributed by atoms with Crippen LogP contribution in [-0.2, 0) is 6.42 Å². The first-order chi connectivity index (χ1) is 10.9. The van der Waals surface area contributed by atoms with Crippen LogP contribution >= 0.6 is 0 Å². The minimum atomic E-state index is 0.794. The number of H-pyrrole nitrogens is 1. The number of rotatable bonds is 3. The van der Waals surface area contributed by atoms with Gasteiger partial charge in [-0.2, -0.15) is 0 Å². The number of nitrogens with one attached hydrogen (secondary N) is 1. The number of hydrogen-bond donors (Lipinski definition) is 1. The van der Waals surface area contributed by atoms with Gasteiger partial charge in [-0.15, -0.1) is 0 Å². The molecule has 1 aromatic heterocycles. The molecule has 0 amide bonds. The molecule has 3 nitrogen and oxygen atoms in total. The SMILES string of the molecule is c1ccc(CC2CCN(c3nc4ccccc4[nH]3)CC2)cc1. The first kappa shape index (κ1) is 13.4. The molecule has 2 aromatic carbocycles. The van der Waals surface area contributed by atoms with Crippen molar-refractivity contribution in [3.05, 3.63) is 60.2 Å². The van der Waals surface area contributed by atoms with Crippen LogP contribution in [0.3, 0.4) is 0 Å². The Bertz CT molecular complexity index is 706. The first-order valence-electron chi connectivity index (χ1n) is 8.12. The molecule has 22 heavy (non-hydrogen) atoms. The lowest BCUT2D eigenvalue weighted by atomic mass is 9.90. The van der Waals surface area contributed by atoms with E-state index in [1.165, 1.54) is 24.8 Å². The third-order valence-electron chi connectivity index (χ3n) is 4.66. The van der Waals surface area contributed by atoms with Crippen molar-refractivity contribution >= 4 is 17.0 Å². The van der Waals surface area contributed by atoms with E-state index in [0.29, 0.717) is 0 Å². The van der Waals surface area contributed by atoms with Crippen LogP contribution in [0.25, 0.3) is 11.0 Å².